The average molecular weight is 255 g/mol. The summed E-state index contributed by atoms with van der Waals surface area (Å²) < 4.78 is 0. The average Bonchev–Trinajstić information content (AvgIpc) is 2.68. The Bertz CT molecular complexity index is 442. The lowest BCUT2D eigenvalue weighted by Gasteiger charge is -2.23. The molecule has 2 N–H and O–H groups in total. The van der Waals surface area contributed by atoms with E-state index in [2.05, 4.69) is 0 Å². The normalized spacial score (nSPS) is 18.2. The van der Waals surface area contributed by atoms with Crippen molar-refractivity contribution in [1.82, 2.24) is 0 Å². The minimum atomic E-state index is -0.441. The molecule has 0 atom stereocenters. The van der Waals surface area contributed by atoms with Crippen LogP contribution in [0.2, 0.25) is 5.02 Å². The van der Waals surface area contributed by atoms with E-state index in [1.807, 2.05) is 0 Å². The first-order chi connectivity index (χ1) is 8.00. The summed E-state index contributed by atoms with van der Waals surface area (Å²) in [6, 6.07) is 4.60. The Morgan fingerprint density at radius 3 is 2.59 bits per heavy atom. The van der Waals surface area contributed by atoms with Crippen molar-refractivity contribution in [3.05, 3.63) is 38.9 Å². The SMILES string of the molecule is NC1(Cc2ccc([N+](=O)[O-])cc2Cl)CCCC1. The van der Waals surface area contributed by atoms with Gasteiger partial charge in [0, 0.05) is 17.7 Å². The molecule has 92 valence electrons. The molecule has 1 fully saturated rings. The van der Waals surface area contributed by atoms with Crippen LogP contribution < -0.4 is 5.73 Å². The number of non-ortho nitro benzene ring substituents is 1. The minimum absolute atomic E-state index is 0.0243. The minimum Gasteiger partial charge on any atom is -0.325 e. The highest BCUT2D eigenvalue weighted by molar-refractivity contribution is 6.31. The lowest BCUT2D eigenvalue weighted by molar-refractivity contribution is -0.384. The molecular weight excluding hydrogens is 240 g/mol. The maximum Gasteiger partial charge on any atom is 0.270 e. The van der Waals surface area contributed by atoms with Crippen LogP contribution in [0.15, 0.2) is 18.2 Å². The summed E-state index contributed by atoms with van der Waals surface area (Å²) in [5, 5.41) is 11.0. The molecule has 0 saturated heterocycles. The summed E-state index contributed by atoms with van der Waals surface area (Å²) in [7, 11) is 0. The summed E-state index contributed by atoms with van der Waals surface area (Å²) >= 11 is 6.05. The van der Waals surface area contributed by atoms with Crippen molar-refractivity contribution in [3.63, 3.8) is 0 Å². The molecule has 0 aromatic heterocycles. The first kappa shape index (κ1) is 12.3. The van der Waals surface area contributed by atoms with Crippen LogP contribution in [0.5, 0.6) is 0 Å². The number of halogens is 1. The van der Waals surface area contributed by atoms with Gasteiger partial charge in [0.15, 0.2) is 0 Å². The quantitative estimate of drug-likeness (QED) is 0.666. The zero-order chi connectivity index (χ0) is 12.5. The van der Waals surface area contributed by atoms with Gasteiger partial charge in [-0.05, 0) is 24.8 Å². The van der Waals surface area contributed by atoms with Crippen LogP contribution in [0, 0.1) is 10.1 Å². The van der Waals surface area contributed by atoms with Crippen molar-refractivity contribution in [2.75, 3.05) is 0 Å². The van der Waals surface area contributed by atoms with Gasteiger partial charge in [0.05, 0.1) is 9.95 Å². The molecule has 0 spiro atoms. The second-order valence-electron chi connectivity index (χ2n) is 4.78. The van der Waals surface area contributed by atoms with Gasteiger partial charge in [-0.3, -0.25) is 10.1 Å². The lowest BCUT2D eigenvalue weighted by atomic mass is 9.90. The van der Waals surface area contributed by atoms with Gasteiger partial charge in [0.25, 0.3) is 5.69 Å². The Morgan fingerprint density at radius 1 is 1.41 bits per heavy atom. The van der Waals surface area contributed by atoms with Crippen molar-refractivity contribution in [1.29, 1.82) is 0 Å². The van der Waals surface area contributed by atoms with Crippen molar-refractivity contribution >= 4 is 17.3 Å². The molecule has 0 amide bonds. The maximum absolute atomic E-state index is 10.6. The molecule has 0 aliphatic heterocycles. The number of rotatable bonds is 3. The smallest absolute Gasteiger partial charge is 0.270 e. The van der Waals surface area contributed by atoms with Crippen LogP contribution in [0.3, 0.4) is 0 Å². The van der Waals surface area contributed by atoms with E-state index in [9.17, 15) is 10.1 Å². The van der Waals surface area contributed by atoms with Gasteiger partial charge in [-0.25, -0.2) is 0 Å². The molecule has 1 aromatic rings. The van der Waals surface area contributed by atoms with Gasteiger partial charge < -0.3 is 5.73 Å². The molecular formula is C12H15ClN2O2. The van der Waals surface area contributed by atoms with Crippen molar-refractivity contribution < 1.29 is 4.92 Å². The van der Waals surface area contributed by atoms with E-state index in [0.717, 1.165) is 31.2 Å². The third kappa shape index (κ3) is 2.76. The number of hydrogen-bond donors (Lipinski definition) is 1. The van der Waals surface area contributed by atoms with E-state index < -0.39 is 4.92 Å². The van der Waals surface area contributed by atoms with Crippen LogP contribution >= 0.6 is 11.6 Å². The third-order valence-electron chi connectivity index (χ3n) is 3.39. The summed E-state index contributed by atoms with van der Waals surface area (Å²) in [6.45, 7) is 0. The van der Waals surface area contributed by atoms with E-state index in [4.69, 9.17) is 17.3 Å². The fraction of sp³-hybridized carbons (Fsp3) is 0.500. The standard InChI is InChI=1S/C12H15ClN2O2/c13-11-7-10(15(16)17)4-3-9(11)8-12(14)5-1-2-6-12/h3-4,7H,1-2,5-6,8,14H2. The Kier molecular flexibility index (Phi) is 3.35. The van der Waals surface area contributed by atoms with Crippen molar-refractivity contribution in [2.24, 2.45) is 5.73 Å². The molecule has 1 aliphatic rings. The number of nitrogens with zero attached hydrogens (tertiary/aromatic N) is 1. The largest absolute Gasteiger partial charge is 0.325 e. The van der Waals surface area contributed by atoms with E-state index in [1.165, 1.54) is 12.1 Å². The van der Waals surface area contributed by atoms with Crippen molar-refractivity contribution in [3.8, 4) is 0 Å². The van der Waals surface area contributed by atoms with E-state index >= 15 is 0 Å². The van der Waals surface area contributed by atoms with Gasteiger partial charge in [-0.2, -0.15) is 0 Å². The fourth-order valence-corrected chi connectivity index (χ4v) is 2.67. The molecule has 2 rings (SSSR count). The predicted molar refractivity (Wildman–Crippen MR) is 67.2 cm³/mol. The first-order valence-electron chi connectivity index (χ1n) is 5.72. The van der Waals surface area contributed by atoms with E-state index in [1.54, 1.807) is 6.07 Å². The molecule has 0 bridgehead atoms. The summed E-state index contributed by atoms with van der Waals surface area (Å²) in [6.07, 6.45) is 5.01. The summed E-state index contributed by atoms with van der Waals surface area (Å²) in [4.78, 5) is 10.2. The predicted octanol–water partition coefficient (Wildman–Crippen LogP) is 3.06. The fourth-order valence-electron chi connectivity index (χ4n) is 2.43. The van der Waals surface area contributed by atoms with Crippen LogP contribution in [-0.4, -0.2) is 10.5 Å². The van der Waals surface area contributed by atoms with Gasteiger partial charge in [-0.1, -0.05) is 30.5 Å². The van der Waals surface area contributed by atoms with E-state index in [-0.39, 0.29) is 11.2 Å². The number of nitrogens with two attached hydrogens (primary N) is 1. The van der Waals surface area contributed by atoms with Crippen molar-refractivity contribution in [2.45, 2.75) is 37.6 Å². The molecule has 5 heteroatoms. The molecule has 1 saturated carbocycles. The Labute approximate surface area is 105 Å². The monoisotopic (exact) mass is 254 g/mol. The maximum atomic E-state index is 10.6. The summed E-state index contributed by atoms with van der Waals surface area (Å²) in [5.41, 5.74) is 7.01. The second kappa shape index (κ2) is 4.63. The van der Waals surface area contributed by atoms with Gasteiger partial charge in [0.2, 0.25) is 0 Å². The second-order valence-corrected chi connectivity index (χ2v) is 5.19. The van der Waals surface area contributed by atoms with Crippen LogP contribution in [-0.2, 0) is 6.42 Å². The molecule has 1 aromatic carbocycles. The molecule has 0 unspecified atom stereocenters. The zero-order valence-electron chi connectivity index (χ0n) is 9.49. The van der Waals surface area contributed by atoms with Crippen LogP contribution in [0.1, 0.15) is 31.2 Å². The Hall–Kier alpha value is -1.13. The Balaban J connectivity index is 2.19. The van der Waals surface area contributed by atoms with Gasteiger partial charge in [-0.15, -0.1) is 0 Å². The number of benzene rings is 1. The lowest BCUT2D eigenvalue weighted by Crippen LogP contribution is -2.38. The number of nitro benzene ring substituents is 1. The number of nitro groups is 1. The Morgan fingerprint density at radius 2 is 2.06 bits per heavy atom. The van der Waals surface area contributed by atoms with Crippen LogP contribution in [0.4, 0.5) is 5.69 Å². The van der Waals surface area contributed by atoms with Gasteiger partial charge >= 0.3 is 0 Å². The molecule has 1 aliphatic carbocycles. The highest BCUT2D eigenvalue weighted by Crippen LogP contribution is 2.33. The topological polar surface area (TPSA) is 69.2 Å². The van der Waals surface area contributed by atoms with E-state index in [0.29, 0.717) is 11.4 Å². The van der Waals surface area contributed by atoms with Crippen LogP contribution in [0.25, 0.3) is 0 Å². The summed E-state index contributed by atoms with van der Waals surface area (Å²) in [5.74, 6) is 0. The molecule has 17 heavy (non-hydrogen) atoms. The zero-order valence-corrected chi connectivity index (χ0v) is 10.2. The molecule has 0 radical (unpaired) electrons. The first-order valence-corrected chi connectivity index (χ1v) is 6.10. The third-order valence-corrected chi connectivity index (χ3v) is 3.74. The molecule has 4 nitrogen and oxygen atoms in total. The number of hydrogen-bond acceptors (Lipinski definition) is 3. The molecule has 0 heterocycles. The highest BCUT2D eigenvalue weighted by atomic mass is 35.5. The van der Waals surface area contributed by atoms with Gasteiger partial charge in [0.1, 0.15) is 0 Å². The highest BCUT2D eigenvalue weighted by Gasteiger charge is 2.30.